The number of nitrogens with two attached hydrogens (primary N) is 1. The Bertz CT molecular complexity index is 1310. The minimum atomic E-state index is -0.781. The summed E-state index contributed by atoms with van der Waals surface area (Å²) in [5.41, 5.74) is 8.26. The van der Waals surface area contributed by atoms with Gasteiger partial charge in [0.15, 0.2) is 0 Å². The van der Waals surface area contributed by atoms with Crippen LogP contribution in [0.2, 0.25) is 0 Å². The third kappa shape index (κ3) is 3.54. The van der Waals surface area contributed by atoms with Crippen molar-refractivity contribution in [3.05, 3.63) is 93.0 Å². The Kier molecular flexibility index (Phi) is 5.56. The van der Waals surface area contributed by atoms with Crippen LogP contribution in [0.1, 0.15) is 28.4 Å². The number of pyridine rings is 2. The molecule has 3 aromatic rings. The molecule has 0 aliphatic carbocycles. The standard InChI is InChI=1S/C24H22N4O4/c1-14-10-20-22(24(29)28(14)13-15-6-4-5-9-27-15)21(18(12-25)23(26)32-20)17-11-16(30-2)7-8-19(17)31-3/h4-11,21H,13,26H2,1-3H3/t21-/m1/s1. The van der Waals surface area contributed by atoms with Gasteiger partial charge in [0, 0.05) is 23.5 Å². The zero-order chi connectivity index (χ0) is 22.8. The van der Waals surface area contributed by atoms with Gasteiger partial charge in [0.2, 0.25) is 5.88 Å². The molecule has 0 spiro atoms. The van der Waals surface area contributed by atoms with Crippen molar-refractivity contribution in [1.82, 2.24) is 9.55 Å². The first-order valence-electron chi connectivity index (χ1n) is 9.92. The smallest absolute Gasteiger partial charge is 0.259 e. The van der Waals surface area contributed by atoms with Crippen molar-refractivity contribution in [2.24, 2.45) is 5.73 Å². The fourth-order valence-electron chi connectivity index (χ4n) is 3.91. The van der Waals surface area contributed by atoms with Crippen molar-refractivity contribution in [1.29, 1.82) is 5.26 Å². The van der Waals surface area contributed by atoms with Gasteiger partial charge in [0.25, 0.3) is 5.56 Å². The van der Waals surface area contributed by atoms with Gasteiger partial charge < -0.3 is 24.5 Å². The highest BCUT2D eigenvalue weighted by Crippen LogP contribution is 2.44. The summed E-state index contributed by atoms with van der Waals surface area (Å²) in [5.74, 6) is 0.551. The Morgan fingerprint density at radius 2 is 2.03 bits per heavy atom. The molecule has 0 amide bonds. The molecule has 0 bridgehead atoms. The molecule has 8 heteroatoms. The highest BCUT2D eigenvalue weighted by molar-refractivity contribution is 5.59. The molecule has 0 radical (unpaired) electrons. The molecule has 1 aliphatic heterocycles. The van der Waals surface area contributed by atoms with Gasteiger partial charge in [-0.1, -0.05) is 6.07 Å². The Morgan fingerprint density at radius 3 is 2.69 bits per heavy atom. The number of ether oxygens (including phenoxy) is 3. The van der Waals surface area contributed by atoms with Crippen LogP contribution in [0.15, 0.2) is 64.9 Å². The molecule has 0 saturated heterocycles. The first-order valence-corrected chi connectivity index (χ1v) is 9.92. The zero-order valence-corrected chi connectivity index (χ0v) is 18.0. The lowest BCUT2D eigenvalue weighted by molar-refractivity contribution is 0.380. The molecule has 1 aromatic carbocycles. The van der Waals surface area contributed by atoms with Crippen LogP contribution in [0, 0.1) is 18.3 Å². The number of aromatic nitrogens is 2. The third-order valence-corrected chi connectivity index (χ3v) is 5.48. The van der Waals surface area contributed by atoms with E-state index in [0.29, 0.717) is 34.1 Å². The van der Waals surface area contributed by atoms with Crippen LogP contribution < -0.4 is 25.5 Å². The number of hydrogen-bond acceptors (Lipinski definition) is 7. The summed E-state index contributed by atoms with van der Waals surface area (Å²) in [4.78, 5) is 18.1. The molecule has 1 atom stereocenters. The molecule has 32 heavy (non-hydrogen) atoms. The molecule has 8 nitrogen and oxygen atoms in total. The maximum Gasteiger partial charge on any atom is 0.259 e. The molecule has 0 fully saturated rings. The molecule has 2 aromatic heterocycles. The van der Waals surface area contributed by atoms with Crippen molar-refractivity contribution in [3.63, 3.8) is 0 Å². The number of nitriles is 1. The monoisotopic (exact) mass is 430 g/mol. The zero-order valence-electron chi connectivity index (χ0n) is 18.0. The second-order valence-corrected chi connectivity index (χ2v) is 7.31. The van der Waals surface area contributed by atoms with Crippen LogP contribution >= 0.6 is 0 Å². The van der Waals surface area contributed by atoms with Gasteiger partial charge in [-0.3, -0.25) is 9.78 Å². The fourth-order valence-corrected chi connectivity index (χ4v) is 3.91. The van der Waals surface area contributed by atoms with Crippen molar-refractivity contribution in [3.8, 4) is 23.3 Å². The molecule has 0 unspecified atom stereocenters. The van der Waals surface area contributed by atoms with Crippen LogP contribution in [0.4, 0.5) is 0 Å². The average Bonchev–Trinajstić information content (AvgIpc) is 2.81. The van der Waals surface area contributed by atoms with Gasteiger partial charge in [-0.15, -0.1) is 0 Å². The number of allylic oxidation sites excluding steroid dienone is 1. The van der Waals surface area contributed by atoms with Gasteiger partial charge in [-0.25, -0.2) is 0 Å². The molecule has 1 aliphatic rings. The first-order chi connectivity index (χ1) is 15.5. The highest BCUT2D eigenvalue weighted by atomic mass is 16.5. The SMILES string of the molecule is COc1ccc(OC)c([C@@H]2C(C#N)=C(N)Oc3cc(C)n(Cc4ccccn4)c(=O)c32)c1. The lowest BCUT2D eigenvalue weighted by Crippen LogP contribution is -2.33. The minimum absolute atomic E-state index is 0.0452. The van der Waals surface area contributed by atoms with Gasteiger partial charge in [-0.2, -0.15) is 5.26 Å². The average molecular weight is 430 g/mol. The van der Waals surface area contributed by atoms with Crippen LogP contribution in [0.25, 0.3) is 0 Å². The second-order valence-electron chi connectivity index (χ2n) is 7.31. The lowest BCUT2D eigenvalue weighted by atomic mass is 9.83. The van der Waals surface area contributed by atoms with E-state index in [1.165, 1.54) is 7.11 Å². The number of aryl methyl sites for hydroxylation is 1. The van der Waals surface area contributed by atoms with Crippen LogP contribution in [-0.4, -0.2) is 23.8 Å². The van der Waals surface area contributed by atoms with Gasteiger partial charge in [0.1, 0.15) is 28.9 Å². The van der Waals surface area contributed by atoms with Crippen LogP contribution in [0.5, 0.6) is 17.2 Å². The number of fused-ring (bicyclic) bond motifs is 1. The van der Waals surface area contributed by atoms with E-state index >= 15 is 0 Å². The number of methoxy groups -OCH3 is 2. The quantitative estimate of drug-likeness (QED) is 0.662. The van der Waals surface area contributed by atoms with Crippen molar-refractivity contribution in [2.75, 3.05) is 14.2 Å². The molecule has 3 heterocycles. The fraction of sp³-hybridized carbons (Fsp3) is 0.208. The van der Waals surface area contributed by atoms with E-state index in [1.54, 1.807) is 42.1 Å². The van der Waals surface area contributed by atoms with Crippen LogP contribution in [0.3, 0.4) is 0 Å². The summed E-state index contributed by atoms with van der Waals surface area (Å²) < 4.78 is 18.2. The molecular weight excluding hydrogens is 408 g/mol. The largest absolute Gasteiger partial charge is 0.497 e. The highest BCUT2D eigenvalue weighted by Gasteiger charge is 2.36. The van der Waals surface area contributed by atoms with E-state index in [0.717, 1.165) is 5.69 Å². The maximum absolute atomic E-state index is 13.8. The Hall–Kier alpha value is -4.25. The Labute approximate surface area is 185 Å². The molecule has 4 rings (SSSR count). The van der Waals surface area contributed by atoms with E-state index in [4.69, 9.17) is 19.9 Å². The van der Waals surface area contributed by atoms with E-state index in [1.807, 2.05) is 25.1 Å². The predicted molar refractivity (Wildman–Crippen MR) is 118 cm³/mol. The molecule has 2 N–H and O–H groups in total. The van der Waals surface area contributed by atoms with E-state index < -0.39 is 5.92 Å². The Balaban J connectivity index is 1.98. The van der Waals surface area contributed by atoms with E-state index in [2.05, 4.69) is 11.1 Å². The van der Waals surface area contributed by atoms with Gasteiger partial charge in [-0.05, 0) is 37.3 Å². The third-order valence-electron chi connectivity index (χ3n) is 5.48. The topological polar surface area (TPSA) is 112 Å². The summed E-state index contributed by atoms with van der Waals surface area (Å²) in [6, 6.07) is 14.6. The number of nitrogens with zero attached hydrogens (tertiary/aromatic N) is 3. The lowest BCUT2D eigenvalue weighted by Gasteiger charge is -2.28. The summed E-state index contributed by atoms with van der Waals surface area (Å²) in [6.07, 6.45) is 1.68. The summed E-state index contributed by atoms with van der Waals surface area (Å²) in [6.45, 7) is 2.09. The first kappa shape index (κ1) is 21.0. The number of hydrogen-bond donors (Lipinski definition) is 1. The molecule has 0 saturated carbocycles. The van der Waals surface area contributed by atoms with E-state index in [-0.39, 0.29) is 23.6 Å². The van der Waals surface area contributed by atoms with Crippen molar-refractivity contribution >= 4 is 0 Å². The van der Waals surface area contributed by atoms with Crippen molar-refractivity contribution in [2.45, 2.75) is 19.4 Å². The number of benzene rings is 1. The summed E-state index contributed by atoms with van der Waals surface area (Å²) >= 11 is 0. The normalized spacial score (nSPS) is 14.9. The summed E-state index contributed by atoms with van der Waals surface area (Å²) in [7, 11) is 3.07. The Morgan fingerprint density at radius 1 is 1.22 bits per heavy atom. The maximum atomic E-state index is 13.8. The number of rotatable bonds is 5. The molecule has 162 valence electrons. The minimum Gasteiger partial charge on any atom is -0.497 e. The van der Waals surface area contributed by atoms with Crippen LogP contribution in [-0.2, 0) is 6.54 Å². The van der Waals surface area contributed by atoms with E-state index in [9.17, 15) is 10.1 Å². The van der Waals surface area contributed by atoms with Gasteiger partial charge >= 0.3 is 0 Å². The van der Waals surface area contributed by atoms with Crippen molar-refractivity contribution < 1.29 is 14.2 Å². The molecular formula is C24H22N4O4. The predicted octanol–water partition coefficient (Wildman–Crippen LogP) is 2.84. The van der Waals surface area contributed by atoms with Gasteiger partial charge in [0.05, 0.1) is 37.9 Å². The second kappa shape index (κ2) is 8.47. The summed E-state index contributed by atoms with van der Waals surface area (Å²) in [5, 5.41) is 9.90.